The molecule has 0 radical (unpaired) electrons. The van der Waals surface area contributed by atoms with Crippen molar-refractivity contribution >= 4 is 23.6 Å². The van der Waals surface area contributed by atoms with Crippen LogP contribution in [0.2, 0.25) is 0 Å². The number of likely N-dealkylation sites (tertiary alicyclic amines) is 2. The summed E-state index contributed by atoms with van der Waals surface area (Å²) >= 11 is 1.67. The van der Waals surface area contributed by atoms with Gasteiger partial charge in [-0.1, -0.05) is 13.8 Å². The second kappa shape index (κ2) is 9.41. The minimum absolute atomic E-state index is 0.0367. The van der Waals surface area contributed by atoms with Crippen molar-refractivity contribution in [1.29, 1.82) is 0 Å². The van der Waals surface area contributed by atoms with E-state index in [0.29, 0.717) is 5.25 Å². The first-order chi connectivity index (χ1) is 14.8. The number of thioether (sulfide) groups is 1. The zero-order chi connectivity index (χ0) is 22.3. The van der Waals surface area contributed by atoms with Gasteiger partial charge in [0.2, 0.25) is 5.91 Å². The molecule has 2 N–H and O–H groups in total. The number of aliphatic carboxylic acids is 1. The van der Waals surface area contributed by atoms with Gasteiger partial charge in [-0.25, -0.2) is 4.79 Å². The number of carbonyl (C=O) groups is 2. The average molecular weight is 452 g/mol. The molecule has 0 aliphatic carbocycles. The Bertz CT molecular complexity index is 734. The van der Waals surface area contributed by atoms with Crippen molar-refractivity contribution in [3.8, 4) is 0 Å². The van der Waals surface area contributed by atoms with E-state index < -0.39 is 18.0 Å². The lowest BCUT2D eigenvalue weighted by atomic mass is 9.79. The number of carboxylic acid groups (broad SMARTS) is 1. The molecule has 5 atom stereocenters. The lowest BCUT2D eigenvalue weighted by Crippen LogP contribution is -2.63. The molecule has 3 saturated heterocycles. The Morgan fingerprint density at radius 3 is 2.48 bits per heavy atom. The standard InChI is InChI=1S/C23H37N3O4S/c1-4-8-24-9-5-16(6-10-24)12-25-11-7-17(13-25)31-21-14(2)19-18(15(3)27)22(28)26(19)20(21)23(29)30/h14-19,27H,4-13H2,1-3H3,(H,29,30)/t14-,15-,17-,18-,19-/m1/s1. The lowest BCUT2D eigenvalue weighted by Gasteiger charge is -2.46. The highest BCUT2D eigenvalue weighted by Gasteiger charge is 2.60. The topological polar surface area (TPSA) is 84.3 Å². The first kappa shape index (κ1) is 23.1. The van der Waals surface area contributed by atoms with Gasteiger partial charge in [0.1, 0.15) is 5.70 Å². The van der Waals surface area contributed by atoms with E-state index in [0.717, 1.165) is 36.9 Å². The van der Waals surface area contributed by atoms with Crippen molar-refractivity contribution in [1.82, 2.24) is 14.7 Å². The van der Waals surface area contributed by atoms with E-state index in [2.05, 4.69) is 16.7 Å². The molecule has 4 rings (SSSR count). The van der Waals surface area contributed by atoms with Crippen LogP contribution in [0.3, 0.4) is 0 Å². The largest absolute Gasteiger partial charge is 0.477 e. The van der Waals surface area contributed by atoms with Crippen LogP contribution in [-0.2, 0) is 9.59 Å². The normalized spacial score (nSPS) is 33.7. The van der Waals surface area contributed by atoms with E-state index in [-0.39, 0.29) is 23.6 Å². The number of aliphatic hydroxyl groups excluding tert-OH is 1. The van der Waals surface area contributed by atoms with Gasteiger partial charge in [-0.15, -0.1) is 11.8 Å². The molecule has 4 aliphatic heterocycles. The van der Waals surface area contributed by atoms with Crippen LogP contribution < -0.4 is 0 Å². The summed E-state index contributed by atoms with van der Waals surface area (Å²) in [5, 5.41) is 20.2. The summed E-state index contributed by atoms with van der Waals surface area (Å²) in [5.74, 6) is -1.03. The Morgan fingerprint density at radius 1 is 1.19 bits per heavy atom. The molecule has 31 heavy (non-hydrogen) atoms. The van der Waals surface area contributed by atoms with Crippen LogP contribution in [0.15, 0.2) is 10.6 Å². The van der Waals surface area contributed by atoms with Gasteiger partial charge in [-0.2, -0.15) is 0 Å². The molecule has 4 aliphatic rings. The summed E-state index contributed by atoms with van der Waals surface area (Å²) in [4.78, 5) is 31.9. The maximum absolute atomic E-state index is 12.5. The summed E-state index contributed by atoms with van der Waals surface area (Å²) in [6.07, 6.45) is 4.09. The quantitative estimate of drug-likeness (QED) is 0.547. The molecule has 0 aromatic rings. The number of β-lactam (4-membered cyclic amide) rings is 1. The van der Waals surface area contributed by atoms with E-state index in [1.165, 1.54) is 43.8 Å². The highest BCUT2D eigenvalue weighted by atomic mass is 32.2. The minimum Gasteiger partial charge on any atom is -0.477 e. The zero-order valence-electron chi connectivity index (χ0n) is 19.0. The maximum Gasteiger partial charge on any atom is 0.353 e. The molecule has 0 aromatic carbocycles. The van der Waals surface area contributed by atoms with Gasteiger partial charge < -0.3 is 24.9 Å². The molecule has 0 bridgehead atoms. The Hall–Kier alpha value is -1.09. The van der Waals surface area contributed by atoms with Crippen molar-refractivity contribution in [3.63, 3.8) is 0 Å². The molecular formula is C23H37N3O4S. The molecule has 7 nitrogen and oxygen atoms in total. The predicted molar refractivity (Wildman–Crippen MR) is 122 cm³/mol. The van der Waals surface area contributed by atoms with Crippen LogP contribution in [0.4, 0.5) is 0 Å². The van der Waals surface area contributed by atoms with Crippen molar-refractivity contribution in [2.45, 2.75) is 63.9 Å². The molecule has 4 heterocycles. The third-order valence-electron chi connectivity index (χ3n) is 7.60. The van der Waals surface area contributed by atoms with Crippen LogP contribution >= 0.6 is 11.8 Å². The first-order valence-corrected chi connectivity index (χ1v) is 12.8. The van der Waals surface area contributed by atoms with Gasteiger partial charge in [-0.3, -0.25) is 4.79 Å². The van der Waals surface area contributed by atoms with Gasteiger partial charge in [0.05, 0.1) is 18.1 Å². The van der Waals surface area contributed by atoms with Crippen LogP contribution in [0.5, 0.6) is 0 Å². The van der Waals surface area contributed by atoms with Gasteiger partial charge in [-0.05, 0) is 64.7 Å². The smallest absolute Gasteiger partial charge is 0.353 e. The van der Waals surface area contributed by atoms with E-state index >= 15 is 0 Å². The Labute approximate surface area is 189 Å². The predicted octanol–water partition coefficient (Wildman–Crippen LogP) is 2.07. The van der Waals surface area contributed by atoms with Crippen molar-refractivity contribution in [2.24, 2.45) is 17.8 Å². The fourth-order valence-electron chi connectivity index (χ4n) is 5.99. The SMILES string of the molecule is CCCN1CCC(CN2CC[C@@H](SC3=C(C(=O)O)N4C(=O)[C@H]([C@@H](C)O)[C@H]4[C@H]3C)C2)CC1. The van der Waals surface area contributed by atoms with Crippen LogP contribution in [-0.4, -0.2) is 93.5 Å². The van der Waals surface area contributed by atoms with Crippen molar-refractivity contribution in [2.75, 3.05) is 39.3 Å². The Morgan fingerprint density at radius 2 is 1.87 bits per heavy atom. The summed E-state index contributed by atoms with van der Waals surface area (Å²) in [6, 6.07) is -0.216. The maximum atomic E-state index is 12.5. The van der Waals surface area contributed by atoms with Crippen LogP contribution in [0.25, 0.3) is 0 Å². The van der Waals surface area contributed by atoms with Gasteiger partial charge in [0, 0.05) is 29.2 Å². The Balaban J connectivity index is 1.34. The van der Waals surface area contributed by atoms with Gasteiger partial charge >= 0.3 is 5.97 Å². The summed E-state index contributed by atoms with van der Waals surface area (Å²) < 4.78 is 0. The number of fused-ring (bicyclic) bond motifs is 1. The molecular weight excluding hydrogens is 414 g/mol. The Kier molecular flexibility index (Phi) is 7.01. The number of carboxylic acids is 1. The fraction of sp³-hybridized carbons (Fsp3) is 0.826. The fourth-order valence-corrected chi connectivity index (χ4v) is 7.51. The van der Waals surface area contributed by atoms with Crippen LogP contribution in [0, 0.1) is 17.8 Å². The van der Waals surface area contributed by atoms with Crippen molar-refractivity contribution in [3.05, 3.63) is 10.6 Å². The third kappa shape index (κ3) is 4.41. The molecule has 0 spiro atoms. The molecule has 8 heteroatoms. The van der Waals surface area contributed by atoms with E-state index in [9.17, 15) is 19.8 Å². The first-order valence-electron chi connectivity index (χ1n) is 11.9. The van der Waals surface area contributed by atoms with Crippen molar-refractivity contribution < 1.29 is 19.8 Å². The summed E-state index contributed by atoms with van der Waals surface area (Å²) in [7, 11) is 0. The van der Waals surface area contributed by atoms with Crippen LogP contribution in [0.1, 0.15) is 46.5 Å². The lowest BCUT2D eigenvalue weighted by molar-refractivity contribution is -0.163. The third-order valence-corrected chi connectivity index (χ3v) is 9.13. The highest BCUT2D eigenvalue weighted by Crippen LogP contribution is 2.51. The zero-order valence-corrected chi connectivity index (χ0v) is 19.8. The van der Waals surface area contributed by atoms with Gasteiger partial charge in [0.25, 0.3) is 0 Å². The number of piperidine rings is 1. The van der Waals surface area contributed by atoms with Gasteiger partial charge in [0.15, 0.2) is 0 Å². The second-order valence-electron chi connectivity index (χ2n) is 9.85. The number of hydrogen-bond donors (Lipinski definition) is 2. The molecule has 0 saturated carbocycles. The monoisotopic (exact) mass is 451 g/mol. The summed E-state index contributed by atoms with van der Waals surface area (Å²) in [5.41, 5.74) is 0.158. The number of rotatable bonds is 8. The van der Waals surface area contributed by atoms with E-state index in [4.69, 9.17) is 0 Å². The number of aliphatic hydroxyl groups is 1. The second-order valence-corrected chi connectivity index (χ2v) is 11.2. The number of hydrogen-bond acceptors (Lipinski definition) is 6. The molecule has 174 valence electrons. The molecule has 3 fully saturated rings. The average Bonchev–Trinajstić information content (AvgIpc) is 3.25. The van der Waals surface area contributed by atoms with E-state index in [1.54, 1.807) is 18.7 Å². The number of carbonyl (C=O) groups excluding carboxylic acids is 1. The molecule has 0 unspecified atom stereocenters. The molecule has 1 amide bonds. The molecule has 0 aromatic heterocycles. The minimum atomic E-state index is -1.03. The van der Waals surface area contributed by atoms with E-state index in [1.807, 2.05) is 6.92 Å². The highest BCUT2D eigenvalue weighted by molar-refractivity contribution is 8.03. The number of amides is 1. The number of nitrogens with zero attached hydrogens (tertiary/aromatic N) is 3. The summed E-state index contributed by atoms with van der Waals surface area (Å²) in [6.45, 7) is 12.7.